The minimum absolute atomic E-state index is 0.117. The number of nitrogens with one attached hydrogen (secondary N) is 1. The Balaban J connectivity index is 1.63. The van der Waals surface area contributed by atoms with Gasteiger partial charge in [0.1, 0.15) is 11.4 Å². The summed E-state index contributed by atoms with van der Waals surface area (Å²) < 4.78 is 47.3. The summed E-state index contributed by atoms with van der Waals surface area (Å²) in [6.07, 6.45) is -0.841. The maximum Gasteiger partial charge on any atom is 0.333 e. The van der Waals surface area contributed by atoms with Gasteiger partial charge in [-0.2, -0.15) is 13.3 Å². The van der Waals surface area contributed by atoms with E-state index in [9.17, 15) is 14.0 Å². The third-order valence-electron chi connectivity index (χ3n) is 6.44. The predicted octanol–water partition coefficient (Wildman–Crippen LogP) is 4.06. The molecule has 1 aromatic heterocycles. The van der Waals surface area contributed by atoms with Gasteiger partial charge in [-0.3, -0.25) is 4.79 Å². The first-order valence-electron chi connectivity index (χ1n) is 11.6. The van der Waals surface area contributed by atoms with Crippen molar-refractivity contribution in [2.75, 3.05) is 13.7 Å². The highest BCUT2D eigenvalue weighted by Gasteiger charge is 2.49. The largest absolute Gasteiger partial charge is 0.497 e. The minimum atomic E-state index is -2.89. The lowest BCUT2D eigenvalue weighted by molar-refractivity contribution is -0.178. The smallest absolute Gasteiger partial charge is 0.333 e. The number of methoxy groups -OCH3 is 1. The lowest BCUT2D eigenvalue weighted by Gasteiger charge is -2.38. The Morgan fingerprint density at radius 1 is 0.946 bits per heavy atom. The van der Waals surface area contributed by atoms with Crippen molar-refractivity contribution < 1.29 is 23.0 Å². The van der Waals surface area contributed by atoms with Crippen molar-refractivity contribution in [3.63, 3.8) is 0 Å². The second kappa shape index (κ2) is 9.76. The van der Waals surface area contributed by atoms with E-state index in [0.29, 0.717) is 11.9 Å². The zero-order chi connectivity index (χ0) is 26.0. The molecule has 1 fully saturated rings. The number of nitrogens with zero attached hydrogens (tertiary/aromatic N) is 1. The number of halogens is 2. The van der Waals surface area contributed by atoms with Crippen LogP contribution < -0.4 is 16.0 Å². The van der Waals surface area contributed by atoms with Gasteiger partial charge in [-0.15, -0.1) is 0 Å². The molecule has 1 N–H and O–H groups in total. The van der Waals surface area contributed by atoms with Gasteiger partial charge >= 0.3 is 11.7 Å². The molecule has 2 unspecified atom stereocenters. The lowest BCUT2D eigenvalue weighted by Crippen LogP contribution is -2.48. The Kier molecular flexibility index (Phi) is 6.49. The van der Waals surface area contributed by atoms with Crippen molar-refractivity contribution in [3.05, 3.63) is 134 Å². The molecule has 9 heteroatoms. The van der Waals surface area contributed by atoms with Crippen molar-refractivity contribution in [2.45, 2.75) is 24.1 Å². The highest BCUT2D eigenvalue weighted by Crippen LogP contribution is 2.44. The van der Waals surface area contributed by atoms with Crippen LogP contribution in [0.3, 0.4) is 0 Å². The summed E-state index contributed by atoms with van der Waals surface area (Å²) in [6, 6.07) is 26.2. The van der Waals surface area contributed by atoms with Crippen molar-refractivity contribution in [1.29, 1.82) is 0 Å². The average molecular weight is 507 g/mol. The van der Waals surface area contributed by atoms with Crippen LogP contribution in [0.15, 0.2) is 101 Å². The SMILES string of the molecule is COc1ccc(C(OC2COC(F)(n3c(=O)[nH]cc(F)c3=O)C2)(c2ccccc2)c2ccccc2)cc1. The number of hydrogen-bond donors (Lipinski definition) is 1. The molecule has 190 valence electrons. The van der Waals surface area contributed by atoms with E-state index in [4.69, 9.17) is 14.2 Å². The van der Waals surface area contributed by atoms with E-state index < -0.39 is 41.2 Å². The molecule has 0 saturated carbocycles. The van der Waals surface area contributed by atoms with Crippen molar-refractivity contribution >= 4 is 0 Å². The van der Waals surface area contributed by atoms with Crippen molar-refractivity contribution in [3.8, 4) is 5.75 Å². The summed E-state index contributed by atoms with van der Waals surface area (Å²) in [5.41, 5.74) is -1.48. The first kappa shape index (κ1) is 24.6. The van der Waals surface area contributed by atoms with Crippen LogP contribution in [-0.4, -0.2) is 29.4 Å². The summed E-state index contributed by atoms with van der Waals surface area (Å²) in [5, 5.41) is 0. The van der Waals surface area contributed by atoms with Gasteiger partial charge in [0.25, 0.3) is 5.56 Å². The van der Waals surface area contributed by atoms with E-state index in [2.05, 4.69) is 0 Å². The molecule has 37 heavy (non-hydrogen) atoms. The first-order valence-corrected chi connectivity index (χ1v) is 11.6. The Morgan fingerprint density at radius 3 is 2.08 bits per heavy atom. The highest BCUT2D eigenvalue weighted by molar-refractivity contribution is 5.48. The van der Waals surface area contributed by atoms with E-state index in [1.165, 1.54) is 0 Å². The van der Waals surface area contributed by atoms with E-state index >= 15 is 4.39 Å². The van der Waals surface area contributed by atoms with Crippen LogP contribution in [-0.2, 0) is 21.1 Å². The van der Waals surface area contributed by atoms with Gasteiger partial charge in [0.2, 0.25) is 5.82 Å². The molecule has 0 amide bonds. The Bertz CT molecular complexity index is 1450. The molecule has 5 rings (SSSR count). The van der Waals surface area contributed by atoms with Crippen molar-refractivity contribution in [2.24, 2.45) is 0 Å². The molecule has 7 nitrogen and oxygen atoms in total. The fourth-order valence-corrected chi connectivity index (χ4v) is 4.73. The lowest BCUT2D eigenvalue weighted by atomic mass is 9.79. The standard InChI is InChI=1S/C28H24F2N2O5/c1-35-22-14-12-21(13-15-22)28(19-8-4-2-5-9-19,20-10-6-3-7-11-20)37-23-16-27(30,36-18-23)32-25(33)24(29)17-31-26(32)34/h2-15,17,23H,16,18H2,1H3,(H,31,34). The molecule has 0 radical (unpaired) electrons. The maximum atomic E-state index is 15.9. The summed E-state index contributed by atoms with van der Waals surface area (Å²) in [6.45, 7) is -0.281. The first-order chi connectivity index (χ1) is 17.9. The molecule has 3 aromatic carbocycles. The molecular formula is C28H24F2N2O5. The van der Waals surface area contributed by atoms with Gasteiger partial charge in [0, 0.05) is 6.20 Å². The molecule has 1 saturated heterocycles. The van der Waals surface area contributed by atoms with E-state index in [1.54, 1.807) is 19.2 Å². The fourth-order valence-electron chi connectivity index (χ4n) is 4.73. The van der Waals surface area contributed by atoms with Crippen LogP contribution in [0.4, 0.5) is 8.78 Å². The van der Waals surface area contributed by atoms with Gasteiger partial charge in [0.15, 0.2) is 0 Å². The zero-order valence-corrected chi connectivity index (χ0v) is 19.9. The predicted molar refractivity (Wildman–Crippen MR) is 132 cm³/mol. The van der Waals surface area contributed by atoms with Gasteiger partial charge < -0.3 is 19.2 Å². The third-order valence-corrected chi connectivity index (χ3v) is 6.44. The van der Waals surface area contributed by atoms with E-state index in [0.717, 1.165) is 16.7 Å². The topological polar surface area (TPSA) is 82.6 Å². The molecule has 0 aliphatic carbocycles. The molecule has 1 aliphatic heterocycles. The molecule has 4 aromatic rings. The molecule has 2 atom stereocenters. The molecule has 2 heterocycles. The van der Waals surface area contributed by atoms with Crippen LogP contribution >= 0.6 is 0 Å². The second-order valence-corrected chi connectivity index (χ2v) is 8.67. The number of aromatic amines is 1. The summed E-state index contributed by atoms with van der Waals surface area (Å²) in [4.78, 5) is 26.6. The molecule has 0 bridgehead atoms. The number of rotatable bonds is 7. The van der Waals surface area contributed by atoms with Gasteiger partial charge in [0.05, 0.1) is 26.2 Å². The minimum Gasteiger partial charge on any atom is -0.497 e. The fraction of sp³-hybridized carbons (Fsp3) is 0.214. The Hall–Kier alpha value is -4.08. The number of ether oxygens (including phenoxy) is 3. The summed E-state index contributed by atoms with van der Waals surface area (Å²) >= 11 is 0. The third kappa shape index (κ3) is 4.36. The maximum absolute atomic E-state index is 15.9. The molecular weight excluding hydrogens is 482 g/mol. The molecule has 1 aliphatic rings. The summed E-state index contributed by atoms with van der Waals surface area (Å²) in [5.74, 6) is -3.54. The van der Waals surface area contributed by atoms with Crippen molar-refractivity contribution in [1.82, 2.24) is 9.55 Å². The van der Waals surface area contributed by atoms with Crippen LogP contribution in [0.2, 0.25) is 0 Å². The van der Waals surface area contributed by atoms with Crippen LogP contribution in [0.1, 0.15) is 23.1 Å². The Morgan fingerprint density at radius 2 is 1.51 bits per heavy atom. The van der Waals surface area contributed by atoms with Gasteiger partial charge in [-0.05, 0) is 28.8 Å². The number of H-pyrrole nitrogens is 1. The van der Waals surface area contributed by atoms with Gasteiger partial charge in [-0.1, -0.05) is 72.8 Å². The van der Waals surface area contributed by atoms with Gasteiger partial charge in [-0.25, -0.2) is 4.79 Å². The zero-order valence-electron chi connectivity index (χ0n) is 19.9. The summed E-state index contributed by atoms with van der Waals surface area (Å²) in [7, 11) is 1.57. The second-order valence-electron chi connectivity index (χ2n) is 8.67. The normalized spacial score (nSPS) is 19.6. The number of hydrogen-bond acceptors (Lipinski definition) is 5. The highest BCUT2D eigenvalue weighted by atomic mass is 19.2. The monoisotopic (exact) mass is 506 g/mol. The van der Waals surface area contributed by atoms with E-state index in [1.807, 2.05) is 77.8 Å². The number of benzene rings is 3. The Labute approximate surface area is 210 Å². The quantitative estimate of drug-likeness (QED) is 0.383. The number of alkyl halides is 1. The van der Waals surface area contributed by atoms with Crippen LogP contribution in [0.25, 0.3) is 0 Å². The average Bonchev–Trinajstić information content (AvgIpc) is 3.31. The van der Waals surface area contributed by atoms with Crippen LogP contribution in [0.5, 0.6) is 5.75 Å². The molecule has 0 spiro atoms. The number of aromatic nitrogens is 2. The van der Waals surface area contributed by atoms with E-state index in [-0.39, 0.29) is 11.2 Å². The van der Waals surface area contributed by atoms with Crippen LogP contribution in [0, 0.1) is 5.82 Å².